The monoisotopic (exact) mass is 404 g/mol. The Kier molecular flexibility index (Phi) is 4.46. The first-order chi connectivity index (χ1) is 12.8. The van der Waals surface area contributed by atoms with Gasteiger partial charge in [-0.15, -0.1) is 0 Å². The van der Waals surface area contributed by atoms with Gasteiger partial charge in [0.05, 0.1) is 12.0 Å². The quantitative estimate of drug-likeness (QED) is 0.403. The van der Waals surface area contributed by atoms with Crippen LogP contribution in [-0.4, -0.2) is 24.4 Å². The standard InChI is InChI=1S/C22H32F4O2/c1-18(2,3)17(27)28-13-19-10-14-8-15(11-19)20(16(9-14)12-19)4-6-21(23,24)22(25,26)7-5-20/h14-16H,4-13H2,1-3H3. The Bertz CT molecular complexity index is 615. The number of rotatable bonds is 2. The molecular formula is C22H32F4O2. The van der Waals surface area contributed by atoms with E-state index >= 15 is 0 Å². The molecule has 0 N–H and O–H groups in total. The highest BCUT2D eigenvalue weighted by atomic mass is 19.3. The Morgan fingerprint density at radius 2 is 1.39 bits per heavy atom. The fourth-order valence-corrected chi connectivity index (χ4v) is 7.05. The summed E-state index contributed by atoms with van der Waals surface area (Å²) in [6.45, 7) is 5.87. The summed E-state index contributed by atoms with van der Waals surface area (Å²) in [4.78, 5) is 12.3. The molecule has 2 nitrogen and oxygen atoms in total. The second-order valence-corrected chi connectivity index (χ2v) is 11.3. The first-order valence-electron chi connectivity index (χ1n) is 10.7. The summed E-state index contributed by atoms with van der Waals surface area (Å²) in [7, 11) is 0. The highest BCUT2D eigenvalue weighted by Crippen LogP contribution is 2.71. The van der Waals surface area contributed by atoms with Crippen LogP contribution in [0, 0.1) is 34.0 Å². The van der Waals surface area contributed by atoms with Crippen molar-refractivity contribution in [2.75, 3.05) is 6.61 Å². The van der Waals surface area contributed by atoms with Gasteiger partial charge in [0, 0.05) is 18.3 Å². The molecule has 0 aromatic rings. The highest BCUT2D eigenvalue weighted by Gasteiger charge is 2.66. The van der Waals surface area contributed by atoms with Crippen LogP contribution in [0.1, 0.15) is 78.6 Å². The highest BCUT2D eigenvalue weighted by molar-refractivity contribution is 5.75. The minimum absolute atomic E-state index is 0.0833. The predicted octanol–water partition coefficient (Wildman–Crippen LogP) is 6.23. The number of carbonyl (C=O) groups excluding carboxylic acids is 1. The van der Waals surface area contributed by atoms with Crippen LogP contribution < -0.4 is 0 Å². The molecular weight excluding hydrogens is 372 g/mol. The third-order valence-electron chi connectivity index (χ3n) is 8.41. The number of ether oxygens (including phenoxy) is 1. The molecule has 5 fully saturated rings. The minimum Gasteiger partial charge on any atom is -0.465 e. The van der Waals surface area contributed by atoms with E-state index in [-0.39, 0.29) is 41.5 Å². The normalized spacial score (nSPS) is 40.3. The van der Waals surface area contributed by atoms with Crippen molar-refractivity contribution in [3.05, 3.63) is 0 Å². The summed E-state index contributed by atoms with van der Waals surface area (Å²) in [6, 6.07) is 0. The molecule has 5 aliphatic carbocycles. The lowest BCUT2D eigenvalue weighted by atomic mass is 9.40. The second-order valence-electron chi connectivity index (χ2n) is 11.3. The zero-order chi connectivity index (χ0) is 20.6. The molecule has 160 valence electrons. The number of hydrogen-bond acceptors (Lipinski definition) is 2. The molecule has 5 aliphatic rings. The summed E-state index contributed by atoms with van der Waals surface area (Å²) < 4.78 is 61.8. The third kappa shape index (κ3) is 3.08. The van der Waals surface area contributed by atoms with E-state index in [0.29, 0.717) is 12.5 Å². The van der Waals surface area contributed by atoms with Gasteiger partial charge in [0.15, 0.2) is 0 Å². The summed E-state index contributed by atoms with van der Waals surface area (Å²) in [5.74, 6) is -7.09. The maximum Gasteiger partial charge on any atom is 0.311 e. The molecule has 0 aromatic heterocycles. The predicted molar refractivity (Wildman–Crippen MR) is 97.2 cm³/mol. The minimum atomic E-state index is -3.90. The molecule has 0 radical (unpaired) electrons. The van der Waals surface area contributed by atoms with Crippen molar-refractivity contribution in [1.82, 2.24) is 0 Å². The van der Waals surface area contributed by atoms with Gasteiger partial charge in [-0.05, 0) is 88.9 Å². The van der Waals surface area contributed by atoms with Crippen molar-refractivity contribution in [2.45, 2.75) is 90.4 Å². The van der Waals surface area contributed by atoms with Gasteiger partial charge in [0.2, 0.25) is 0 Å². The van der Waals surface area contributed by atoms with E-state index in [2.05, 4.69) is 0 Å². The zero-order valence-electron chi connectivity index (χ0n) is 17.1. The molecule has 0 aromatic carbocycles. The number of halogens is 4. The molecule has 6 heteroatoms. The molecule has 2 atom stereocenters. The van der Waals surface area contributed by atoms with E-state index in [1.165, 1.54) is 0 Å². The Balaban J connectivity index is 1.53. The van der Waals surface area contributed by atoms with E-state index < -0.39 is 30.1 Å². The van der Waals surface area contributed by atoms with Crippen LogP contribution in [0.5, 0.6) is 0 Å². The molecule has 28 heavy (non-hydrogen) atoms. The fraction of sp³-hybridized carbons (Fsp3) is 0.955. The van der Waals surface area contributed by atoms with Crippen LogP contribution in [0.15, 0.2) is 0 Å². The summed E-state index contributed by atoms with van der Waals surface area (Å²) in [6.07, 6.45) is 3.59. The van der Waals surface area contributed by atoms with Gasteiger partial charge in [0.25, 0.3) is 0 Å². The first kappa shape index (κ1) is 20.5. The van der Waals surface area contributed by atoms with Crippen molar-refractivity contribution in [3.8, 4) is 0 Å². The second kappa shape index (κ2) is 6.10. The average Bonchev–Trinajstić information content (AvgIpc) is 2.66. The molecule has 1 spiro atoms. The summed E-state index contributed by atoms with van der Waals surface area (Å²) >= 11 is 0. The molecule has 2 unspecified atom stereocenters. The Hall–Kier alpha value is -0.810. The lowest BCUT2D eigenvalue weighted by molar-refractivity contribution is -0.210. The van der Waals surface area contributed by atoms with Crippen molar-refractivity contribution < 1.29 is 27.1 Å². The average molecular weight is 404 g/mol. The lowest BCUT2D eigenvalue weighted by Crippen LogP contribution is -2.58. The number of hydrogen-bond donors (Lipinski definition) is 0. The van der Waals surface area contributed by atoms with Gasteiger partial charge in [0.1, 0.15) is 0 Å². The van der Waals surface area contributed by atoms with Gasteiger partial charge < -0.3 is 4.74 Å². The Morgan fingerprint density at radius 3 is 1.86 bits per heavy atom. The van der Waals surface area contributed by atoms with Gasteiger partial charge in [-0.3, -0.25) is 4.79 Å². The van der Waals surface area contributed by atoms with E-state index in [0.717, 1.165) is 32.1 Å². The molecule has 0 amide bonds. The van der Waals surface area contributed by atoms with E-state index in [1.54, 1.807) is 0 Å². The fourth-order valence-electron chi connectivity index (χ4n) is 7.05. The molecule has 0 aliphatic heterocycles. The smallest absolute Gasteiger partial charge is 0.311 e. The van der Waals surface area contributed by atoms with Crippen molar-refractivity contribution in [2.24, 2.45) is 34.0 Å². The van der Waals surface area contributed by atoms with Gasteiger partial charge in [-0.25, -0.2) is 0 Å². The van der Waals surface area contributed by atoms with Crippen molar-refractivity contribution >= 4 is 5.97 Å². The molecule has 5 rings (SSSR count). The van der Waals surface area contributed by atoms with E-state index in [4.69, 9.17) is 4.74 Å². The van der Waals surface area contributed by atoms with E-state index in [9.17, 15) is 22.4 Å². The molecule has 4 bridgehead atoms. The molecule has 5 saturated carbocycles. The maximum absolute atomic E-state index is 14.0. The van der Waals surface area contributed by atoms with Crippen molar-refractivity contribution in [1.29, 1.82) is 0 Å². The number of carbonyl (C=O) groups is 1. The number of alkyl halides is 4. The van der Waals surface area contributed by atoms with Crippen LogP contribution in [0.4, 0.5) is 17.6 Å². The van der Waals surface area contributed by atoms with E-state index in [1.807, 2.05) is 20.8 Å². The van der Waals surface area contributed by atoms with Crippen LogP contribution in [0.25, 0.3) is 0 Å². The van der Waals surface area contributed by atoms with Gasteiger partial charge in [-0.2, -0.15) is 17.6 Å². The Labute approximate surface area is 164 Å². The number of esters is 1. The van der Waals surface area contributed by atoms with Crippen molar-refractivity contribution in [3.63, 3.8) is 0 Å². The molecule has 0 heterocycles. The van der Waals surface area contributed by atoms with Crippen LogP contribution in [0.2, 0.25) is 0 Å². The maximum atomic E-state index is 14.0. The lowest BCUT2D eigenvalue weighted by Gasteiger charge is -2.65. The first-order valence-corrected chi connectivity index (χ1v) is 10.7. The Morgan fingerprint density at radius 1 is 0.893 bits per heavy atom. The summed E-state index contributed by atoms with van der Waals surface area (Å²) in [5, 5.41) is 0. The SMILES string of the molecule is CC(C)(C)C(=O)OCC12CC3CC(C1)C1(CCC(F)(F)C(F)(F)CC1)C(C3)C2. The van der Waals surface area contributed by atoms with Crippen LogP contribution in [0.3, 0.4) is 0 Å². The zero-order valence-corrected chi connectivity index (χ0v) is 17.1. The van der Waals surface area contributed by atoms with Gasteiger partial charge >= 0.3 is 17.8 Å². The van der Waals surface area contributed by atoms with Crippen LogP contribution >= 0.6 is 0 Å². The van der Waals surface area contributed by atoms with Gasteiger partial charge in [-0.1, -0.05) is 0 Å². The third-order valence-corrected chi connectivity index (χ3v) is 8.41. The largest absolute Gasteiger partial charge is 0.465 e. The summed E-state index contributed by atoms with van der Waals surface area (Å²) in [5.41, 5.74) is -1.01. The van der Waals surface area contributed by atoms with Crippen LogP contribution in [-0.2, 0) is 9.53 Å². The molecule has 0 saturated heterocycles. The topological polar surface area (TPSA) is 26.3 Å².